The van der Waals surface area contributed by atoms with Crippen LogP contribution in [0.25, 0.3) is 11.1 Å². The topological polar surface area (TPSA) is 55.3 Å². The van der Waals surface area contributed by atoms with Gasteiger partial charge in [-0.2, -0.15) is 0 Å². The number of rotatable bonds is 7. The molecule has 0 amide bonds. The van der Waals surface area contributed by atoms with Gasteiger partial charge in [-0.3, -0.25) is 4.79 Å². The summed E-state index contributed by atoms with van der Waals surface area (Å²) in [5, 5.41) is 8.56. The number of aromatic amines is 1. The van der Waals surface area contributed by atoms with Crippen LogP contribution in [0.5, 0.6) is 0 Å². The van der Waals surface area contributed by atoms with E-state index in [9.17, 15) is 4.79 Å². The van der Waals surface area contributed by atoms with E-state index in [1.807, 2.05) is 24.5 Å². The van der Waals surface area contributed by atoms with Gasteiger partial charge in [-0.1, -0.05) is 0 Å². The Morgan fingerprint density at radius 3 is 2.30 bits per heavy atom. The number of H-pyrrole nitrogens is 1. The molecule has 0 saturated carbocycles. The monoisotopic (exact) mass is 272 g/mol. The highest BCUT2D eigenvalue weighted by Gasteiger charge is 2.04. The summed E-state index contributed by atoms with van der Waals surface area (Å²) in [5.74, 6) is -0.706. The van der Waals surface area contributed by atoms with Crippen LogP contribution < -0.4 is 9.55 Å². The normalized spacial score (nSPS) is 10.4. The lowest BCUT2D eigenvalue weighted by molar-refractivity contribution is -0.697. The first-order valence-corrected chi connectivity index (χ1v) is 6.93. The fourth-order valence-corrected chi connectivity index (χ4v) is 2.13. The second kappa shape index (κ2) is 7.38. The molecule has 0 fully saturated rings. The molecule has 2 aromatic rings. The molecule has 2 aromatic heterocycles. The molecule has 0 radical (unpaired) electrons. The first-order valence-electron chi connectivity index (χ1n) is 6.93. The Balaban J connectivity index is 1.82. The summed E-state index contributed by atoms with van der Waals surface area (Å²) < 4.78 is 2.14. The molecule has 2 N–H and O–H groups in total. The van der Waals surface area contributed by atoms with Gasteiger partial charge in [0.05, 0.1) is 0 Å². The van der Waals surface area contributed by atoms with E-state index in [-0.39, 0.29) is 6.42 Å². The number of carboxylic acid groups (broad SMARTS) is 1. The maximum absolute atomic E-state index is 10.4. The Labute approximate surface area is 118 Å². The third-order valence-electron chi connectivity index (χ3n) is 3.25. The van der Waals surface area contributed by atoms with Gasteiger partial charge in [0.25, 0.3) is 0 Å². The maximum atomic E-state index is 10.4. The van der Waals surface area contributed by atoms with Crippen LogP contribution in [-0.4, -0.2) is 11.1 Å². The van der Waals surface area contributed by atoms with E-state index in [0.717, 1.165) is 25.8 Å². The maximum Gasteiger partial charge on any atom is 0.303 e. The van der Waals surface area contributed by atoms with Crippen LogP contribution in [0.2, 0.25) is 0 Å². The molecule has 20 heavy (non-hydrogen) atoms. The number of pyridine rings is 2. The van der Waals surface area contributed by atoms with Gasteiger partial charge in [0.1, 0.15) is 6.54 Å². The van der Waals surface area contributed by atoms with Crippen LogP contribution >= 0.6 is 0 Å². The summed E-state index contributed by atoms with van der Waals surface area (Å²) in [5.41, 5.74) is 2.39. The summed E-state index contributed by atoms with van der Waals surface area (Å²) in [6.07, 6.45) is 11.0. The van der Waals surface area contributed by atoms with E-state index in [2.05, 4.69) is 34.1 Å². The minimum Gasteiger partial charge on any atom is -0.481 e. The zero-order valence-electron chi connectivity index (χ0n) is 11.5. The van der Waals surface area contributed by atoms with Gasteiger partial charge in [-0.15, -0.1) is 0 Å². The largest absolute Gasteiger partial charge is 0.481 e. The summed E-state index contributed by atoms with van der Waals surface area (Å²) >= 11 is 0. The van der Waals surface area contributed by atoms with Crippen molar-refractivity contribution in [2.24, 2.45) is 0 Å². The molecule has 0 aliphatic heterocycles. The van der Waals surface area contributed by atoms with Crippen molar-refractivity contribution in [3.8, 4) is 11.1 Å². The third kappa shape index (κ3) is 4.46. The van der Waals surface area contributed by atoms with Crippen molar-refractivity contribution in [2.45, 2.75) is 32.2 Å². The Bertz CT molecular complexity index is 538. The van der Waals surface area contributed by atoms with Crippen molar-refractivity contribution < 1.29 is 19.5 Å². The number of hydrogen-bond donors (Lipinski definition) is 1. The molecule has 0 aliphatic carbocycles. The summed E-state index contributed by atoms with van der Waals surface area (Å²) in [4.78, 5) is 13.4. The Hall–Kier alpha value is -2.23. The molecule has 104 valence electrons. The molecule has 0 saturated heterocycles. The zero-order chi connectivity index (χ0) is 14.2. The highest BCUT2D eigenvalue weighted by atomic mass is 16.4. The van der Waals surface area contributed by atoms with Crippen molar-refractivity contribution in [3.05, 3.63) is 49.1 Å². The van der Waals surface area contributed by atoms with Crippen LogP contribution in [0, 0.1) is 0 Å². The zero-order valence-corrected chi connectivity index (χ0v) is 11.5. The van der Waals surface area contributed by atoms with Gasteiger partial charge in [-0.05, 0) is 24.0 Å². The van der Waals surface area contributed by atoms with E-state index in [1.165, 1.54) is 11.1 Å². The molecular formula is C16H20N2O2+2. The number of nitrogens with zero attached hydrogens (tertiary/aromatic N) is 1. The number of carboxylic acids is 1. The van der Waals surface area contributed by atoms with Gasteiger partial charge in [-0.25, -0.2) is 9.55 Å². The van der Waals surface area contributed by atoms with Crippen molar-refractivity contribution in [1.29, 1.82) is 0 Å². The van der Waals surface area contributed by atoms with E-state index >= 15 is 0 Å². The molecule has 0 aliphatic rings. The number of nitrogens with one attached hydrogen (secondary N) is 1. The minimum atomic E-state index is -0.706. The number of aromatic nitrogens is 2. The highest BCUT2D eigenvalue weighted by Crippen LogP contribution is 2.15. The predicted octanol–water partition coefficient (Wildman–Crippen LogP) is 2.10. The van der Waals surface area contributed by atoms with E-state index in [1.54, 1.807) is 0 Å². The Kier molecular flexibility index (Phi) is 5.24. The number of aryl methyl sites for hydroxylation is 1. The molecule has 0 bridgehead atoms. The number of carbonyl (C=O) groups is 1. The standard InChI is InChI=1S/C16H18N2O2/c19-16(20)4-2-1-3-11-18-12-7-15(8-13-18)14-5-9-17-10-6-14/h5-10,12-13H,1-4,11H2/p+2. The fourth-order valence-electron chi connectivity index (χ4n) is 2.13. The summed E-state index contributed by atoms with van der Waals surface area (Å²) in [7, 11) is 0. The molecule has 0 unspecified atom stereocenters. The summed E-state index contributed by atoms with van der Waals surface area (Å²) in [6.45, 7) is 0.933. The lowest BCUT2D eigenvalue weighted by Gasteiger charge is -2.00. The average Bonchev–Trinajstić information content (AvgIpc) is 2.48. The fraction of sp³-hybridized carbons (Fsp3) is 0.312. The van der Waals surface area contributed by atoms with Crippen molar-refractivity contribution in [3.63, 3.8) is 0 Å². The van der Waals surface area contributed by atoms with Gasteiger partial charge in [0.15, 0.2) is 24.8 Å². The van der Waals surface area contributed by atoms with Crippen LogP contribution in [0.1, 0.15) is 25.7 Å². The molecule has 2 rings (SSSR count). The minimum absolute atomic E-state index is 0.272. The Morgan fingerprint density at radius 1 is 1.00 bits per heavy atom. The van der Waals surface area contributed by atoms with Gasteiger partial charge in [0.2, 0.25) is 0 Å². The van der Waals surface area contributed by atoms with E-state index in [0.29, 0.717) is 0 Å². The molecule has 4 nitrogen and oxygen atoms in total. The lowest BCUT2D eigenvalue weighted by atomic mass is 10.1. The lowest BCUT2D eigenvalue weighted by Crippen LogP contribution is -2.32. The second-order valence-electron chi connectivity index (χ2n) is 4.82. The van der Waals surface area contributed by atoms with E-state index < -0.39 is 5.97 Å². The quantitative estimate of drug-likeness (QED) is 0.620. The second-order valence-corrected chi connectivity index (χ2v) is 4.82. The SMILES string of the molecule is O=C(O)CCCCC[n+]1ccc(-c2cc[nH+]cc2)cc1. The van der Waals surface area contributed by atoms with Crippen molar-refractivity contribution >= 4 is 5.97 Å². The number of unbranched alkanes of at least 4 members (excludes halogenated alkanes) is 2. The van der Waals surface area contributed by atoms with Crippen molar-refractivity contribution in [2.75, 3.05) is 0 Å². The molecule has 0 aromatic carbocycles. The Morgan fingerprint density at radius 2 is 1.65 bits per heavy atom. The molecule has 2 heterocycles. The molecule has 4 heteroatoms. The smallest absolute Gasteiger partial charge is 0.303 e. The van der Waals surface area contributed by atoms with Gasteiger partial charge >= 0.3 is 5.97 Å². The van der Waals surface area contributed by atoms with Gasteiger partial charge < -0.3 is 5.11 Å². The molecule has 0 atom stereocenters. The summed E-state index contributed by atoms with van der Waals surface area (Å²) in [6, 6.07) is 8.30. The van der Waals surface area contributed by atoms with Crippen LogP contribution in [0.15, 0.2) is 49.1 Å². The average molecular weight is 272 g/mol. The van der Waals surface area contributed by atoms with Gasteiger partial charge in [0, 0.05) is 37.1 Å². The number of hydrogen-bond acceptors (Lipinski definition) is 1. The van der Waals surface area contributed by atoms with Crippen molar-refractivity contribution in [1.82, 2.24) is 0 Å². The van der Waals surface area contributed by atoms with Crippen LogP contribution in [-0.2, 0) is 11.3 Å². The van der Waals surface area contributed by atoms with E-state index in [4.69, 9.17) is 5.11 Å². The van der Waals surface area contributed by atoms with Crippen LogP contribution in [0.4, 0.5) is 0 Å². The molecule has 0 spiro atoms. The first kappa shape index (κ1) is 14.2. The third-order valence-corrected chi connectivity index (χ3v) is 3.25. The highest BCUT2D eigenvalue weighted by molar-refractivity contribution is 5.66. The van der Waals surface area contributed by atoms with Crippen LogP contribution in [0.3, 0.4) is 0 Å². The molecular weight excluding hydrogens is 252 g/mol. The first-order chi connectivity index (χ1) is 9.75. The predicted molar refractivity (Wildman–Crippen MR) is 74.7 cm³/mol. The number of aliphatic carboxylic acids is 1.